The van der Waals surface area contributed by atoms with Crippen LogP contribution in [0.4, 0.5) is 0 Å². The van der Waals surface area contributed by atoms with Crippen LogP contribution in [-0.4, -0.2) is 31.6 Å². The van der Waals surface area contributed by atoms with Crippen LogP contribution in [-0.2, 0) is 11.2 Å². The standard InChI is InChI=1S/C13H19N3OS/c1-17-11-10-14-13(18)16-15-9-5-8-12-6-3-2-4-7-12/h2-4,6-7,9H,5,8,10-11H2,1H3,(H2,14,16,18)/b15-9-. The Bertz CT molecular complexity index is 368. The Kier molecular flexibility index (Phi) is 7.75. The van der Waals surface area contributed by atoms with Gasteiger partial charge in [0, 0.05) is 19.9 Å². The van der Waals surface area contributed by atoms with Crippen LogP contribution in [0.2, 0.25) is 0 Å². The molecule has 0 aliphatic carbocycles. The highest BCUT2D eigenvalue weighted by Gasteiger charge is 1.91. The Morgan fingerprint density at radius 1 is 1.39 bits per heavy atom. The summed E-state index contributed by atoms with van der Waals surface area (Å²) in [5.41, 5.74) is 4.07. The molecule has 0 amide bonds. The summed E-state index contributed by atoms with van der Waals surface area (Å²) in [5, 5.41) is 7.54. The molecule has 0 unspecified atom stereocenters. The van der Waals surface area contributed by atoms with Gasteiger partial charge in [0.2, 0.25) is 0 Å². The normalized spacial score (nSPS) is 10.5. The number of rotatable bonds is 7. The topological polar surface area (TPSA) is 45.6 Å². The summed E-state index contributed by atoms with van der Waals surface area (Å²) in [4.78, 5) is 0. The second-order valence-corrected chi connectivity index (χ2v) is 4.10. The molecule has 0 saturated carbocycles. The van der Waals surface area contributed by atoms with Crippen molar-refractivity contribution in [1.29, 1.82) is 0 Å². The summed E-state index contributed by atoms with van der Waals surface area (Å²) in [7, 11) is 1.65. The Balaban J connectivity index is 2.08. The summed E-state index contributed by atoms with van der Waals surface area (Å²) in [6, 6.07) is 10.3. The van der Waals surface area contributed by atoms with Gasteiger partial charge in [0.15, 0.2) is 5.11 Å². The van der Waals surface area contributed by atoms with Crippen LogP contribution >= 0.6 is 12.2 Å². The van der Waals surface area contributed by atoms with Gasteiger partial charge in [0.1, 0.15) is 0 Å². The van der Waals surface area contributed by atoms with Crippen molar-refractivity contribution in [3.05, 3.63) is 35.9 Å². The van der Waals surface area contributed by atoms with E-state index in [1.54, 1.807) is 7.11 Å². The van der Waals surface area contributed by atoms with Gasteiger partial charge in [-0.3, -0.25) is 5.43 Å². The number of nitrogens with one attached hydrogen (secondary N) is 2. The van der Waals surface area contributed by atoms with Gasteiger partial charge in [-0.25, -0.2) is 0 Å². The second-order valence-electron chi connectivity index (χ2n) is 3.70. The zero-order chi connectivity index (χ0) is 13.1. The van der Waals surface area contributed by atoms with Gasteiger partial charge in [0.05, 0.1) is 6.61 Å². The first-order chi connectivity index (χ1) is 8.83. The Morgan fingerprint density at radius 3 is 2.89 bits per heavy atom. The van der Waals surface area contributed by atoms with Crippen molar-refractivity contribution in [1.82, 2.24) is 10.7 Å². The van der Waals surface area contributed by atoms with Crippen LogP contribution in [0, 0.1) is 0 Å². The summed E-state index contributed by atoms with van der Waals surface area (Å²) in [6.45, 7) is 1.31. The van der Waals surface area contributed by atoms with E-state index in [0.717, 1.165) is 12.8 Å². The minimum Gasteiger partial charge on any atom is -0.383 e. The van der Waals surface area contributed by atoms with Gasteiger partial charge >= 0.3 is 0 Å². The van der Waals surface area contributed by atoms with Crippen molar-refractivity contribution in [2.24, 2.45) is 5.10 Å². The number of ether oxygens (including phenoxy) is 1. The maximum absolute atomic E-state index is 5.02. The van der Waals surface area contributed by atoms with E-state index in [1.165, 1.54) is 5.56 Å². The van der Waals surface area contributed by atoms with Crippen LogP contribution in [0.5, 0.6) is 0 Å². The van der Waals surface area contributed by atoms with E-state index in [9.17, 15) is 0 Å². The molecule has 0 fully saturated rings. The number of nitrogens with zero attached hydrogens (tertiary/aromatic N) is 1. The largest absolute Gasteiger partial charge is 0.383 e. The van der Waals surface area contributed by atoms with Crippen LogP contribution in [0.15, 0.2) is 35.4 Å². The second kappa shape index (κ2) is 9.56. The third-order valence-corrected chi connectivity index (χ3v) is 2.49. The number of hydrazone groups is 1. The fourth-order valence-corrected chi connectivity index (χ4v) is 1.51. The quantitative estimate of drug-likeness (QED) is 0.341. The first kappa shape index (κ1) is 14.6. The lowest BCUT2D eigenvalue weighted by atomic mass is 10.1. The molecule has 2 N–H and O–H groups in total. The minimum absolute atomic E-state index is 0.517. The third kappa shape index (κ3) is 6.98. The average Bonchev–Trinajstić information content (AvgIpc) is 2.40. The highest BCUT2D eigenvalue weighted by Crippen LogP contribution is 2.00. The minimum atomic E-state index is 0.517. The van der Waals surface area contributed by atoms with Crippen LogP contribution in [0.25, 0.3) is 0 Å². The summed E-state index contributed by atoms with van der Waals surface area (Å²) in [5.74, 6) is 0. The van der Waals surface area contributed by atoms with Crippen molar-refractivity contribution in [2.45, 2.75) is 12.8 Å². The third-order valence-electron chi connectivity index (χ3n) is 2.25. The monoisotopic (exact) mass is 265 g/mol. The van der Waals surface area contributed by atoms with Crippen molar-refractivity contribution < 1.29 is 4.74 Å². The summed E-state index contributed by atoms with van der Waals surface area (Å²) >= 11 is 5.02. The van der Waals surface area contributed by atoms with E-state index in [4.69, 9.17) is 17.0 Å². The maximum atomic E-state index is 5.02. The molecule has 0 saturated heterocycles. The van der Waals surface area contributed by atoms with Gasteiger partial charge in [0.25, 0.3) is 0 Å². The Labute approximate surface area is 113 Å². The lowest BCUT2D eigenvalue weighted by Crippen LogP contribution is -2.34. The molecule has 0 atom stereocenters. The fourth-order valence-electron chi connectivity index (χ4n) is 1.35. The molecule has 0 radical (unpaired) electrons. The zero-order valence-electron chi connectivity index (χ0n) is 10.6. The molecule has 0 aliphatic heterocycles. The predicted octanol–water partition coefficient (Wildman–Crippen LogP) is 1.72. The predicted molar refractivity (Wildman–Crippen MR) is 78.9 cm³/mol. The first-order valence-corrected chi connectivity index (χ1v) is 6.32. The average molecular weight is 265 g/mol. The smallest absolute Gasteiger partial charge is 0.187 e. The Morgan fingerprint density at radius 2 is 2.17 bits per heavy atom. The molecule has 1 rings (SSSR count). The number of methoxy groups -OCH3 is 1. The van der Waals surface area contributed by atoms with Crippen LogP contribution in [0.3, 0.4) is 0 Å². The molecule has 18 heavy (non-hydrogen) atoms. The van der Waals surface area contributed by atoms with Gasteiger partial charge in [-0.2, -0.15) is 5.10 Å². The zero-order valence-corrected chi connectivity index (χ0v) is 11.4. The summed E-state index contributed by atoms with van der Waals surface area (Å²) in [6.07, 6.45) is 3.70. The molecule has 0 bridgehead atoms. The van der Waals surface area contributed by atoms with E-state index >= 15 is 0 Å². The molecule has 1 aromatic carbocycles. The molecule has 0 aromatic heterocycles. The van der Waals surface area contributed by atoms with E-state index < -0.39 is 0 Å². The first-order valence-electron chi connectivity index (χ1n) is 5.91. The molecule has 0 spiro atoms. The molecule has 1 aromatic rings. The number of hydrogen-bond acceptors (Lipinski definition) is 3. The molecule has 5 heteroatoms. The summed E-state index contributed by atoms with van der Waals surface area (Å²) < 4.78 is 4.90. The van der Waals surface area contributed by atoms with E-state index in [-0.39, 0.29) is 0 Å². The molecule has 4 nitrogen and oxygen atoms in total. The van der Waals surface area contributed by atoms with Gasteiger partial charge in [-0.05, 0) is 30.6 Å². The molecule has 98 valence electrons. The molecule has 0 heterocycles. The molecule has 0 aliphatic rings. The van der Waals surface area contributed by atoms with E-state index in [2.05, 4.69) is 28.0 Å². The Hall–Kier alpha value is -1.46. The number of hydrogen-bond donors (Lipinski definition) is 2. The van der Waals surface area contributed by atoms with E-state index in [0.29, 0.717) is 18.3 Å². The van der Waals surface area contributed by atoms with Gasteiger partial charge in [-0.15, -0.1) is 0 Å². The van der Waals surface area contributed by atoms with Crippen molar-refractivity contribution >= 4 is 23.5 Å². The fraction of sp³-hybridized carbons (Fsp3) is 0.385. The SMILES string of the molecule is COCCNC(=S)N/N=C\CCc1ccccc1. The highest BCUT2D eigenvalue weighted by atomic mass is 32.1. The maximum Gasteiger partial charge on any atom is 0.187 e. The van der Waals surface area contributed by atoms with Gasteiger partial charge < -0.3 is 10.1 Å². The van der Waals surface area contributed by atoms with Crippen molar-refractivity contribution in [3.8, 4) is 0 Å². The lowest BCUT2D eigenvalue weighted by molar-refractivity contribution is 0.204. The molecular formula is C13H19N3OS. The lowest BCUT2D eigenvalue weighted by Gasteiger charge is -2.05. The molecular weight excluding hydrogens is 246 g/mol. The van der Waals surface area contributed by atoms with Crippen LogP contribution < -0.4 is 10.7 Å². The number of benzene rings is 1. The van der Waals surface area contributed by atoms with Crippen LogP contribution in [0.1, 0.15) is 12.0 Å². The number of thiocarbonyl (C=S) groups is 1. The van der Waals surface area contributed by atoms with Crippen molar-refractivity contribution in [3.63, 3.8) is 0 Å². The van der Waals surface area contributed by atoms with Gasteiger partial charge in [-0.1, -0.05) is 30.3 Å². The highest BCUT2D eigenvalue weighted by molar-refractivity contribution is 7.80. The van der Waals surface area contributed by atoms with Crippen molar-refractivity contribution in [2.75, 3.05) is 20.3 Å². The van der Waals surface area contributed by atoms with E-state index in [1.807, 2.05) is 24.4 Å². The number of aryl methyl sites for hydroxylation is 1.